The van der Waals surface area contributed by atoms with E-state index >= 15 is 0 Å². The first kappa shape index (κ1) is 10.9. The first-order chi connectivity index (χ1) is 5.43. The zero-order valence-electron chi connectivity index (χ0n) is 7.33. The summed E-state index contributed by atoms with van der Waals surface area (Å²) in [5.41, 5.74) is 10.2. The summed E-state index contributed by atoms with van der Waals surface area (Å²) < 4.78 is 0. The fraction of sp³-hybridized carbons (Fsp3) is 0.714. The van der Waals surface area contributed by atoms with Crippen molar-refractivity contribution < 1.29 is 9.59 Å². The highest BCUT2D eigenvalue weighted by Gasteiger charge is 2.12. The van der Waals surface area contributed by atoms with Gasteiger partial charge < -0.3 is 16.8 Å². The van der Waals surface area contributed by atoms with Gasteiger partial charge in [-0.2, -0.15) is 0 Å². The average molecular weight is 173 g/mol. The molecular formula is C7H15N3O2. The Morgan fingerprint density at radius 3 is 2.25 bits per heavy atom. The largest absolute Gasteiger partial charge is 0.370 e. The monoisotopic (exact) mass is 173 g/mol. The molecule has 0 aliphatic rings. The summed E-state index contributed by atoms with van der Waals surface area (Å²) in [6, 6.07) is -0.804. The van der Waals surface area contributed by atoms with Gasteiger partial charge in [-0.25, -0.2) is 0 Å². The van der Waals surface area contributed by atoms with Crippen molar-refractivity contribution in [1.29, 1.82) is 0 Å². The van der Waals surface area contributed by atoms with Gasteiger partial charge in [0.15, 0.2) is 0 Å². The number of amides is 2. The molecule has 0 aliphatic heterocycles. The molecule has 0 saturated heterocycles. The number of rotatable bonds is 4. The summed E-state index contributed by atoms with van der Waals surface area (Å²) in [6.07, 6.45) is 0.137. The van der Waals surface area contributed by atoms with Crippen molar-refractivity contribution in [1.82, 2.24) is 5.32 Å². The van der Waals surface area contributed by atoms with E-state index in [0.717, 1.165) is 0 Å². The van der Waals surface area contributed by atoms with E-state index in [2.05, 4.69) is 5.32 Å². The highest BCUT2D eigenvalue weighted by Crippen LogP contribution is 1.89. The zero-order chi connectivity index (χ0) is 9.72. The van der Waals surface area contributed by atoms with Crippen molar-refractivity contribution in [2.24, 2.45) is 11.5 Å². The van der Waals surface area contributed by atoms with Crippen LogP contribution in [0, 0.1) is 0 Å². The number of nitrogens with two attached hydrogens (primary N) is 2. The average Bonchev–Trinajstić information content (AvgIpc) is 1.84. The number of carbonyl (C=O) groups is 2. The summed E-state index contributed by atoms with van der Waals surface area (Å²) in [5.74, 6) is -0.712. The van der Waals surface area contributed by atoms with Gasteiger partial charge in [0.2, 0.25) is 11.8 Å². The maximum atomic E-state index is 10.9. The quantitative estimate of drug-likeness (QED) is 0.493. The molecular weight excluding hydrogens is 158 g/mol. The number of hydrogen-bond donors (Lipinski definition) is 3. The van der Waals surface area contributed by atoms with Gasteiger partial charge in [0.1, 0.15) is 0 Å². The smallest absolute Gasteiger partial charge is 0.236 e. The van der Waals surface area contributed by atoms with Crippen molar-refractivity contribution >= 4 is 11.8 Å². The molecule has 2 atom stereocenters. The zero-order valence-corrected chi connectivity index (χ0v) is 7.33. The Labute approximate surface area is 71.5 Å². The Balaban J connectivity index is 3.76. The Hall–Kier alpha value is -1.10. The Kier molecular flexibility index (Phi) is 4.28. The van der Waals surface area contributed by atoms with Crippen molar-refractivity contribution in [3.05, 3.63) is 0 Å². The maximum Gasteiger partial charge on any atom is 0.236 e. The van der Waals surface area contributed by atoms with Crippen molar-refractivity contribution in [3.63, 3.8) is 0 Å². The number of nitrogens with one attached hydrogen (secondary N) is 1. The number of carbonyl (C=O) groups excluding carboxylic acids is 2. The van der Waals surface area contributed by atoms with Gasteiger partial charge in [0.05, 0.1) is 6.04 Å². The Morgan fingerprint density at radius 1 is 1.42 bits per heavy atom. The van der Waals surface area contributed by atoms with Crippen LogP contribution in [-0.4, -0.2) is 23.9 Å². The lowest BCUT2D eigenvalue weighted by molar-refractivity contribution is -0.123. The number of hydrogen-bond acceptors (Lipinski definition) is 3. The van der Waals surface area contributed by atoms with Crippen molar-refractivity contribution in [2.45, 2.75) is 32.4 Å². The van der Waals surface area contributed by atoms with E-state index in [9.17, 15) is 9.59 Å². The minimum Gasteiger partial charge on any atom is -0.370 e. The van der Waals surface area contributed by atoms with E-state index in [4.69, 9.17) is 11.5 Å². The van der Waals surface area contributed by atoms with Crippen molar-refractivity contribution in [3.8, 4) is 0 Å². The van der Waals surface area contributed by atoms with E-state index in [1.165, 1.54) is 0 Å². The summed E-state index contributed by atoms with van der Waals surface area (Å²) in [4.78, 5) is 21.3. The van der Waals surface area contributed by atoms with Crippen LogP contribution in [0.2, 0.25) is 0 Å². The van der Waals surface area contributed by atoms with Gasteiger partial charge in [0, 0.05) is 12.5 Å². The molecule has 0 aliphatic carbocycles. The third-order valence-corrected chi connectivity index (χ3v) is 1.31. The Morgan fingerprint density at radius 2 is 1.92 bits per heavy atom. The summed E-state index contributed by atoms with van der Waals surface area (Å²) in [7, 11) is 0. The standard InChI is InChI=1S/C7H15N3O2/c1-4(3-6(9)11)10-7(12)5(2)8/h4-5H,3,8H2,1-2H3,(H2,9,11)(H,10,12). The fourth-order valence-corrected chi connectivity index (χ4v) is 0.727. The van der Waals surface area contributed by atoms with Crippen LogP contribution in [0.5, 0.6) is 0 Å². The van der Waals surface area contributed by atoms with E-state index in [1.54, 1.807) is 13.8 Å². The van der Waals surface area contributed by atoms with Crippen LogP contribution >= 0.6 is 0 Å². The SMILES string of the molecule is CC(CC(N)=O)NC(=O)C(C)N. The van der Waals surface area contributed by atoms with Gasteiger partial charge in [0.25, 0.3) is 0 Å². The van der Waals surface area contributed by atoms with E-state index in [0.29, 0.717) is 0 Å². The molecule has 0 aromatic carbocycles. The van der Waals surface area contributed by atoms with Gasteiger partial charge in [-0.05, 0) is 13.8 Å². The highest BCUT2D eigenvalue weighted by atomic mass is 16.2. The molecule has 2 amide bonds. The molecule has 12 heavy (non-hydrogen) atoms. The molecule has 0 aromatic heterocycles. The van der Waals surface area contributed by atoms with Crippen molar-refractivity contribution in [2.75, 3.05) is 0 Å². The minimum atomic E-state index is -0.555. The molecule has 0 bridgehead atoms. The van der Waals surface area contributed by atoms with Gasteiger partial charge >= 0.3 is 0 Å². The second-order valence-corrected chi connectivity index (χ2v) is 2.87. The molecule has 2 unspecified atom stereocenters. The molecule has 0 saturated carbocycles. The predicted octanol–water partition coefficient (Wildman–Crippen LogP) is -1.29. The molecule has 0 rings (SSSR count). The lowest BCUT2D eigenvalue weighted by atomic mass is 10.2. The fourth-order valence-electron chi connectivity index (χ4n) is 0.727. The molecule has 0 fully saturated rings. The van der Waals surface area contributed by atoms with Crippen LogP contribution in [0.15, 0.2) is 0 Å². The maximum absolute atomic E-state index is 10.9. The lowest BCUT2D eigenvalue weighted by Crippen LogP contribution is -2.43. The molecule has 5 heteroatoms. The summed E-state index contributed by atoms with van der Waals surface area (Å²) >= 11 is 0. The van der Waals surface area contributed by atoms with Crippen LogP contribution in [-0.2, 0) is 9.59 Å². The lowest BCUT2D eigenvalue weighted by Gasteiger charge is -2.13. The predicted molar refractivity (Wildman–Crippen MR) is 45.1 cm³/mol. The summed E-state index contributed by atoms with van der Waals surface area (Å²) in [6.45, 7) is 3.28. The first-order valence-electron chi connectivity index (χ1n) is 3.77. The van der Waals surface area contributed by atoms with Gasteiger partial charge in [-0.15, -0.1) is 0 Å². The normalized spacial score (nSPS) is 14.9. The molecule has 70 valence electrons. The minimum absolute atomic E-state index is 0.137. The highest BCUT2D eigenvalue weighted by molar-refractivity contribution is 5.82. The van der Waals surface area contributed by atoms with Gasteiger partial charge in [-0.1, -0.05) is 0 Å². The molecule has 0 spiro atoms. The van der Waals surface area contributed by atoms with Gasteiger partial charge in [-0.3, -0.25) is 9.59 Å². The Bertz CT molecular complexity index is 179. The molecule has 5 nitrogen and oxygen atoms in total. The van der Waals surface area contributed by atoms with E-state index < -0.39 is 11.9 Å². The second-order valence-electron chi connectivity index (χ2n) is 2.87. The number of primary amides is 1. The third-order valence-electron chi connectivity index (χ3n) is 1.31. The topological polar surface area (TPSA) is 98.2 Å². The van der Waals surface area contributed by atoms with Crippen LogP contribution in [0.1, 0.15) is 20.3 Å². The van der Waals surface area contributed by atoms with Crippen LogP contribution in [0.4, 0.5) is 0 Å². The van der Waals surface area contributed by atoms with E-state index in [-0.39, 0.29) is 18.4 Å². The van der Waals surface area contributed by atoms with Crippen LogP contribution in [0.3, 0.4) is 0 Å². The molecule has 0 heterocycles. The molecule has 5 N–H and O–H groups in total. The van der Waals surface area contributed by atoms with Crippen LogP contribution < -0.4 is 16.8 Å². The third kappa shape index (κ3) is 4.68. The molecule has 0 radical (unpaired) electrons. The molecule has 0 aromatic rings. The van der Waals surface area contributed by atoms with Crippen LogP contribution in [0.25, 0.3) is 0 Å². The van der Waals surface area contributed by atoms with E-state index in [1.807, 2.05) is 0 Å². The second kappa shape index (κ2) is 4.71. The first-order valence-corrected chi connectivity index (χ1v) is 3.77. The summed E-state index contributed by atoms with van der Waals surface area (Å²) in [5, 5.41) is 2.55.